The molecule has 0 fully saturated rings. The van der Waals surface area contributed by atoms with Crippen molar-refractivity contribution in [3.8, 4) is 16.9 Å². The molecule has 0 spiro atoms. The third-order valence-corrected chi connectivity index (χ3v) is 3.72. The lowest BCUT2D eigenvalue weighted by Crippen LogP contribution is -2.13. The molecule has 2 heterocycles. The molecule has 128 valence electrons. The van der Waals surface area contributed by atoms with Crippen LogP contribution in [0.5, 0.6) is 5.75 Å². The van der Waals surface area contributed by atoms with Crippen molar-refractivity contribution in [3.63, 3.8) is 0 Å². The Labute approximate surface area is 144 Å². The molecule has 0 atom stereocenters. The Bertz CT molecular complexity index is 862. The summed E-state index contributed by atoms with van der Waals surface area (Å²) in [5.74, 6) is 0.723. The zero-order chi connectivity index (χ0) is 17.6. The van der Waals surface area contributed by atoms with Gasteiger partial charge in [-0.05, 0) is 35.4 Å². The zero-order valence-electron chi connectivity index (χ0n) is 13.7. The standard InChI is InChI=1S/C18H18N4O3/c1-24-17-3-2-13(12-4-6-20-7-5-12)8-14(17)10-21-11-15-9-16(18(19)23)22-25-15/h2-9,21H,10-11H2,1H3,(H2,19,23). The van der Waals surface area contributed by atoms with Crippen molar-refractivity contribution in [1.29, 1.82) is 0 Å². The van der Waals surface area contributed by atoms with Crippen LogP contribution in [0.15, 0.2) is 53.3 Å². The number of aromatic nitrogens is 2. The molecule has 1 amide bonds. The highest BCUT2D eigenvalue weighted by Crippen LogP contribution is 2.26. The van der Waals surface area contributed by atoms with Crippen LogP contribution < -0.4 is 15.8 Å². The maximum atomic E-state index is 11.0. The highest BCUT2D eigenvalue weighted by atomic mass is 16.5. The van der Waals surface area contributed by atoms with Crippen molar-refractivity contribution in [1.82, 2.24) is 15.5 Å². The largest absolute Gasteiger partial charge is 0.496 e. The van der Waals surface area contributed by atoms with Crippen molar-refractivity contribution < 1.29 is 14.1 Å². The summed E-state index contributed by atoms with van der Waals surface area (Å²) in [5, 5.41) is 6.85. The minimum Gasteiger partial charge on any atom is -0.496 e. The van der Waals surface area contributed by atoms with E-state index in [1.807, 2.05) is 24.3 Å². The zero-order valence-corrected chi connectivity index (χ0v) is 13.7. The van der Waals surface area contributed by atoms with Crippen LogP contribution in [0, 0.1) is 0 Å². The van der Waals surface area contributed by atoms with E-state index in [9.17, 15) is 4.79 Å². The lowest BCUT2D eigenvalue weighted by Gasteiger charge is -2.11. The van der Waals surface area contributed by atoms with Gasteiger partial charge >= 0.3 is 0 Å². The molecule has 0 radical (unpaired) electrons. The van der Waals surface area contributed by atoms with Crippen LogP contribution in [0.25, 0.3) is 11.1 Å². The SMILES string of the molecule is COc1ccc(-c2ccncc2)cc1CNCc1cc(C(N)=O)no1. The van der Waals surface area contributed by atoms with Gasteiger partial charge in [0.05, 0.1) is 13.7 Å². The minimum atomic E-state index is -0.610. The number of primary amides is 1. The Kier molecular flexibility index (Phi) is 5.06. The van der Waals surface area contributed by atoms with E-state index in [4.69, 9.17) is 15.0 Å². The van der Waals surface area contributed by atoms with E-state index in [0.717, 1.165) is 22.4 Å². The molecule has 3 aromatic rings. The Morgan fingerprint density at radius 3 is 2.64 bits per heavy atom. The van der Waals surface area contributed by atoms with Gasteiger partial charge in [0.25, 0.3) is 5.91 Å². The Hall–Kier alpha value is -3.19. The number of nitrogens with one attached hydrogen (secondary N) is 1. The topological polar surface area (TPSA) is 103 Å². The molecule has 0 aliphatic carbocycles. The van der Waals surface area contributed by atoms with E-state index in [1.54, 1.807) is 19.5 Å². The highest BCUT2D eigenvalue weighted by Gasteiger charge is 2.10. The molecule has 0 saturated heterocycles. The number of rotatable bonds is 7. The average molecular weight is 338 g/mol. The van der Waals surface area contributed by atoms with Crippen LogP contribution >= 0.6 is 0 Å². The van der Waals surface area contributed by atoms with Gasteiger partial charge in [-0.3, -0.25) is 9.78 Å². The molecule has 7 heteroatoms. The summed E-state index contributed by atoms with van der Waals surface area (Å²) in [6.07, 6.45) is 3.52. The van der Waals surface area contributed by atoms with Crippen molar-refractivity contribution in [2.75, 3.05) is 7.11 Å². The Balaban J connectivity index is 1.71. The van der Waals surface area contributed by atoms with Crippen LogP contribution in [0.2, 0.25) is 0 Å². The molecule has 7 nitrogen and oxygen atoms in total. The van der Waals surface area contributed by atoms with Gasteiger partial charge in [-0.2, -0.15) is 0 Å². The van der Waals surface area contributed by atoms with Gasteiger partial charge in [0, 0.05) is 30.6 Å². The first kappa shape index (κ1) is 16.7. The maximum Gasteiger partial charge on any atom is 0.270 e. The fraction of sp³-hybridized carbons (Fsp3) is 0.167. The molecule has 25 heavy (non-hydrogen) atoms. The molecule has 2 aromatic heterocycles. The second-order valence-electron chi connectivity index (χ2n) is 5.41. The van der Waals surface area contributed by atoms with Gasteiger partial charge in [-0.15, -0.1) is 0 Å². The van der Waals surface area contributed by atoms with Crippen LogP contribution in [-0.4, -0.2) is 23.2 Å². The molecule has 3 N–H and O–H groups in total. The first-order valence-corrected chi connectivity index (χ1v) is 7.71. The van der Waals surface area contributed by atoms with Gasteiger partial charge < -0.3 is 20.3 Å². The highest BCUT2D eigenvalue weighted by molar-refractivity contribution is 5.90. The normalized spacial score (nSPS) is 10.6. The fourth-order valence-corrected chi connectivity index (χ4v) is 2.47. The van der Waals surface area contributed by atoms with Crippen LogP contribution in [0.1, 0.15) is 21.8 Å². The van der Waals surface area contributed by atoms with Crippen molar-refractivity contribution in [3.05, 3.63) is 65.8 Å². The number of methoxy groups -OCH3 is 1. The molecule has 0 unspecified atom stereocenters. The van der Waals surface area contributed by atoms with E-state index in [-0.39, 0.29) is 5.69 Å². The molecule has 0 saturated carbocycles. The van der Waals surface area contributed by atoms with Gasteiger partial charge in [0.1, 0.15) is 5.75 Å². The number of pyridine rings is 1. The molecule has 0 aliphatic heterocycles. The van der Waals surface area contributed by atoms with E-state index in [1.165, 1.54) is 6.07 Å². The monoisotopic (exact) mass is 338 g/mol. The smallest absolute Gasteiger partial charge is 0.270 e. The summed E-state index contributed by atoms with van der Waals surface area (Å²) in [5.41, 5.74) is 8.44. The summed E-state index contributed by atoms with van der Waals surface area (Å²) >= 11 is 0. The number of hydrogen-bond acceptors (Lipinski definition) is 6. The number of nitrogens with two attached hydrogens (primary N) is 1. The van der Waals surface area contributed by atoms with Crippen molar-refractivity contribution >= 4 is 5.91 Å². The first-order chi connectivity index (χ1) is 12.2. The number of carbonyl (C=O) groups is 1. The van der Waals surface area contributed by atoms with E-state index in [0.29, 0.717) is 18.8 Å². The maximum absolute atomic E-state index is 11.0. The average Bonchev–Trinajstić information content (AvgIpc) is 3.12. The van der Waals surface area contributed by atoms with Crippen molar-refractivity contribution in [2.24, 2.45) is 5.73 Å². The lowest BCUT2D eigenvalue weighted by molar-refractivity contribution is 0.0991. The number of carbonyl (C=O) groups excluding carboxylic acids is 1. The molecule has 0 bridgehead atoms. The van der Waals surface area contributed by atoms with E-state index < -0.39 is 5.91 Å². The molecular weight excluding hydrogens is 320 g/mol. The van der Waals surface area contributed by atoms with E-state index >= 15 is 0 Å². The number of nitrogens with zero attached hydrogens (tertiary/aromatic N) is 2. The second kappa shape index (κ2) is 7.59. The number of hydrogen-bond donors (Lipinski definition) is 2. The van der Waals surface area contributed by atoms with E-state index in [2.05, 4.69) is 21.5 Å². The summed E-state index contributed by atoms with van der Waals surface area (Å²) < 4.78 is 10.5. The summed E-state index contributed by atoms with van der Waals surface area (Å²) in [6, 6.07) is 11.5. The predicted molar refractivity (Wildman–Crippen MR) is 91.8 cm³/mol. The fourth-order valence-electron chi connectivity index (χ4n) is 2.47. The lowest BCUT2D eigenvalue weighted by atomic mass is 10.0. The van der Waals surface area contributed by atoms with Crippen molar-refractivity contribution in [2.45, 2.75) is 13.1 Å². The Morgan fingerprint density at radius 2 is 1.96 bits per heavy atom. The number of ether oxygens (including phenoxy) is 1. The third kappa shape index (κ3) is 4.02. The quantitative estimate of drug-likeness (QED) is 0.684. The molecular formula is C18H18N4O3. The van der Waals surface area contributed by atoms with Gasteiger partial charge in [-0.25, -0.2) is 0 Å². The third-order valence-electron chi connectivity index (χ3n) is 3.72. The molecule has 3 rings (SSSR count). The van der Waals surface area contributed by atoms with Crippen LogP contribution in [-0.2, 0) is 13.1 Å². The van der Waals surface area contributed by atoms with Gasteiger partial charge in [-0.1, -0.05) is 11.2 Å². The predicted octanol–water partition coefficient (Wildman–Crippen LogP) is 2.13. The van der Waals surface area contributed by atoms with Gasteiger partial charge in [0.15, 0.2) is 11.5 Å². The Morgan fingerprint density at radius 1 is 1.16 bits per heavy atom. The first-order valence-electron chi connectivity index (χ1n) is 7.71. The number of benzene rings is 1. The van der Waals surface area contributed by atoms with Gasteiger partial charge in [0.2, 0.25) is 0 Å². The molecule has 0 aliphatic rings. The van der Waals surface area contributed by atoms with Crippen LogP contribution in [0.4, 0.5) is 0 Å². The minimum absolute atomic E-state index is 0.120. The summed E-state index contributed by atoms with van der Waals surface area (Å²) in [6.45, 7) is 0.984. The second-order valence-corrected chi connectivity index (χ2v) is 5.41. The summed E-state index contributed by atoms with van der Waals surface area (Å²) in [7, 11) is 1.64. The molecule has 1 aromatic carbocycles. The number of amides is 1. The van der Waals surface area contributed by atoms with Crippen LogP contribution in [0.3, 0.4) is 0 Å². The summed E-state index contributed by atoms with van der Waals surface area (Å²) in [4.78, 5) is 15.1.